The zero-order valence-electron chi connectivity index (χ0n) is 10.8. The molecule has 0 radical (unpaired) electrons. The minimum atomic E-state index is -0.490. The first-order chi connectivity index (χ1) is 8.47. The molecule has 0 fully saturated rings. The van der Waals surface area contributed by atoms with Gasteiger partial charge in [0, 0.05) is 0 Å². The maximum atomic E-state index is 12.1. The molecule has 1 aliphatic heterocycles. The quantitative estimate of drug-likeness (QED) is 0.783. The Balaban J connectivity index is 2.18. The van der Waals surface area contributed by atoms with Crippen molar-refractivity contribution in [3.05, 3.63) is 28.7 Å². The van der Waals surface area contributed by atoms with E-state index in [1.807, 2.05) is 38.3 Å². The fourth-order valence-electron chi connectivity index (χ4n) is 1.59. The maximum absolute atomic E-state index is 12.1. The Kier molecular flexibility index (Phi) is 3.61. The highest BCUT2D eigenvalue weighted by molar-refractivity contribution is 7.11. The van der Waals surface area contributed by atoms with Gasteiger partial charge in [-0.15, -0.1) is 11.3 Å². The number of ether oxygens (including phenoxy) is 2. The van der Waals surface area contributed by atoms with Gasteiger partial charge in [-0.2, -0.15) is 0 Å². The molecule has 98 valence electrons. The Hall–Kier alpha value is -1.49. The third-order valence-electron chi connectivity index (χ3n) is 2.31. The lowest BCUT2D eigenvalue weighted by molar-refractivity contribution is 0.0297. The van der Waals surface area contributed by atoms with Crippen molar-refractivity contribution < 1.29 is 14.3 Å². The Morgan fingerprint density at radius 1 is 1.50 bits per heavy atom. The van der Waals surface area contributed by atoms with Crippen molar-refractivity contribution in [1.82, 2.24) is 4.90 Å². The van der Waals surface area contributed by atoms with Crippen LogP contribution in [0.4, 0.5) is 4.79 Å². The van der Waals surface area contributed by atoms with Crippen LogP contribution >= 0.6 is 11.3 Å². The van der Waals surface area contributed by atoms with Crippen LogP contribution in [-0.4, -0.2) is 29.7 Å². The summed E-state index contributed by atoms with van der Waals surface area (Å²) in [4.78, 5) is 14.8. The predicted octanol–water partition coefficient (Wildman–Crippen LogP) is 3.31. The first kappa shape index (κ1) is 13.0. The van der Waals surface area contributed by atoms with Gasteiger partial charge < -0.3 is 9.47 Å². The highest BCUT2D eigenvalue weighted by atomic mass is 32.1. The summed E-state index contributed by atoms with van der Waals surface area (Å²) in [5, 5.41) is 1.97. The first-order valence-corrected chi connectivity index (χ1v) is 6.71. The van der Waals surface area contributed by atoms with E-state index in [1.54, 1.807) is 22.5 Å². The number of hydrogen-bond acceptors (Lipinski definition) is 4. The van der Waals surface area contributed by atoms with Crippen LogP contribution in [0.25, 0.3) is 5.70 Å². The summed E-state index contributed by atoms with van der Waals surface area (Å²) in [6.07, 6.45) is 1.30. The van der Waals surface area contributed by atoms with Gasteiger partial charge in [0.25, 0.3) is 0 Å². The van der Waals surface area contributed by atoms with Crippen LogP contribution in [-0.2, 0) is 9.47 Å². The summed E-state index contributed by atoms with van der Waals surface area (Å²) in [6, 6.07) is 3.91. The molecule has 0 saturated carbocycles. The largest absolute Gasteiger partial charge is 0.497 e. The first-order valence-electron chi connectivity index (χ1n) is 5.83. The predicted molar refractivity (Wildman–Crippen MR) is 71.2 cm³/mol. The third-order valence-corrected chi connectivity index (χ3v) is 3.20. The van der Waals surface area contributed by atoms with Gasteiger partial charge in [-0.1, -0.05) is 6.07 Å². The van der Waals surface area contributed by atoms with Crippen LogP contribution in [0.2, 0.25) is 0 Å². The summed E-state index contributed by atoms with van der Waals surface area (Å²) in [5.74, 6) is 0. The molecule has 1 amide bonds. The van der Waals surface area contributed by atoms with E-state index in [2.05, 4.69) is 0 Å². The summed E-state index contributed by atoms with van der Waals surface area (Å²) in [6.45, 7) is 6.59. The zero-order valence-corrected chi connectivity index (χ0v) is 11.6. The van der Waals surface area contributed by atoms with Crippen LogP contribution in [0, 0.1) is 0 Å². The number of thiophene rings is 1. The molecular weight excluding hydrogens is 250 g/mol. The Morgan fingerprint density at radius 3 is 2.89 bits per heavy atom. The average Bonchev–Trinajstić information content (AvgIpc) is 2.80. The summed E-state index contributed by atoms with van der Waals surface area (Å²) >= 11 is 1.57. The number of amides is 1. The lowest BCUT2D eigenvalue weighted by Gasteiger charge is -2.30. The summed E-state index contributed by atoms with van der Waals surface area (Å²) in [5.41, 5.74) is 0.279. The van der Waals surface area contributed by atoms with Crippen molar-refractivity contribution >= 4 is 23.1 Å². The molecule has 2 heterocycles. The van der Waals surface area contributed by atoms with Crippen LogP contribution in [0.1, 0.15) is 25.6 Å². The van der Waals surface area contributed by atoms with Crippen molar-refractivity contribution in [2.24, 2.45) is 0 Å². The van der Waals surface area contributed by atoms with E-state index < -0.39 is 5.60 Å². The SMILES string of the molecule is CC(C)(C)OC(=O)N1CCOC=C1c1cccs1. The van der Waals surface area contributed by atoms with Gasteiger partial charge in [0.2, 0.25) is 0 Å². The van der Waals surface area contributed by atoms with Crippen molar-refractivity contribution in [3.8, 4) is 0 Å². The topological polar surface area (TPSA) is 38.8 Å². The summed E-state index contributed by atoms with van der Waals surface area (Å²) < 4.78 is 10.7. The Bertz CT molecular complexity index is 445. The minimum absolute atomic E-state index is 0.328. The molecule has 18 heavy (non-hydrogen) atoms. The second-order valence-electron chi connectivity index (χ2n) is 4.98. The van der Waals surface area contributed by atoms with E-state index in [0.717, 1.165) is 10.6 Å². The molecule has 0 bridgehead atoms. The van der Waals surface area contributed by atoms with Crippen LogP contribution in [0.15, 0.2) is 23.8 Å². The molecule has 0 unspecified atom stereocenters. The van der Waals surface area contributed by atoms with Gasteiger partial charge in [0.05, 0.1) is 17.1 Å². The molecule has 0 aliphatic carbocycles. The monoisotopic (exact) mass is 267 g/mol. The molecule has 0 aromatic carbocycles. The average molecular weight is 267 g/mol. The number of carbonyl (C=O) groups excluding carboxylic acids is 1. The highest BCUT2D eigenvalue weighted by Crippen LogP contribution is 2.27. The molecule has 1 aromatic heterocycles. The molecule has 2 rings (SSSR count). The molecule has 5 heteroatoms. The van der Waals surface area contributed by atoms with Crippen molar-refractivity contribution in [1.29, 1.82) is 0 Å². The fraction of sp³-hybridized carbons (Fsp3) is 0.462. The normalized spacial score (nSPS) is 15.9. The van der Waals surface area contributed by atoms with E-state index in [1.165, 1.54) is 0 Å². The standard InChI is InChI=1S/C13H17NO3S/c1-13(2,3)17-12(15)14-6-7-16-9-10(14)11-5-4-8-18-11/h4-5,8-9H,6-7H2,1-3H3. The molecule has 1 aromatic rings. The molecule has 0 spiro atoms. The number of nitrogens with zero attached hydrogens (tertiary/aromatic N) is 1. The van der Waals surface area contributed by atoms with E-state index in [-0.39, 0.29) is 6.09 Å². The van der Waals surface area contributed by atoms with Crippen LogP contribution in [0.5, 0.6) is 0 Å². The van der Waals surface area contributed by atoms with E-state index in [0.29, 0.717) is 13.2 Å². The second kappa shape index (κ2) is 5.02. The van der Waals surface area contributed by atoms with E-state index >= 15 is 0 Å². The van der Waals surface area contributed by atoms with Crippen molar-refractivity contribution in [2.75, 3.05) is 13.2 Å². The zero-order chi connectivity index (χ0) is 13.2. The van der Waals surface area contributed by atoms with Crippen LogP contribution in [0.3, 0.4) is 0 Å². The van der Waals surface area contributed by atoms with Crippen molar-refractivity contribution in [2.45, 2.75) is 26.4 Å². The smallest absolute Gasteiger partial charge is 0.415 e. The third kappa shape index (κ3) is 3.04. The number of carbonyl (C=O) groups is 1. The Labute approximate surface area is 111 Å². The van der Waals surface area contributed by atoms with Gasteiger partial charge >= 0.3 is 6.09 Å². The maximum Gasteiger partial charge on any atom is 0.415 e. The molecule has 0 N–H and O–H groups in total. The lowest BCUT2D eigenvalue weighted by atomic mass is 10.2. The van der Waals surface area contributed by atoms with Gasteiger partial charge in [0.1, 0.15) is 18.5 Å². The minimum Gasteiger partial charge on any atom is -0.497 e. The fourth-order valence-corrected chi connectivity index (χ4v) is 2.33. The van der Waals surface area contributed by atoms with Crippen LogP contribution < -0.4 is 0 Å². The second-order valence-corrected chi connectivity index (χ2v) is 5.93. The Morgan fingerprint density at radius 2 is 2.28 bits per heavy atom. The van der Waals surface area contributed by atoms with Gasteiger partial charge in [-0.3, -0.25) is 4.90 Å². The molecule has 4 nitrogen and oxygen atoms in total. The van der Waals surface area contributed by atoms with Gasteiger partial charge in [0.15, 0.2) is 0 Å². The molecule has 0 saturated heterocycles. The molecular formula is C13H17NO3S. The van der Waals surface area contributed by atoms with Gasteiger partial charge in [-0.05, 0) is 32.2 Å². The van der Waals surface area contributed by atoms with E-state index in [9.17, 15) is 4.79 Å². The highest BCUT2D eigenvalue weighted by Gasteiger charge is 2.28. The van der Waals surface area contributed by atoms with E-state index in [4.69, 9.17) is 9.47 Å². The van der Waals surface area contributed by atoms with Crippen molar-refractivity contribution in [3.63, 3.8) is 0 Å². The number of hydrogen-bond donors (Lipinski definition) is 0. The lowest BCUT2D eigenvalue weighted by Crippen LogP contribution is -2.39. The van der Waals surface area contributed by atoms with Gasteiger partial charge in [-0.25, -0.2) is 4.79 Å². The molecule has 0 atom stereocenters. The molecule has 1 aliphatic rings. The number of rotatable bonds is 1. The summed E-state index contributed by atoms with van der Waals surface area (Å²) in [7, 11) is 0.